The average molecular weight is 543 g/mol. The summed E-state index contributed by atoms with van der Waals surface area (Å²) in [5.74, 6) is 2.56. The summed E-state index contributed by atoms with van der Waals surface area (Å²) in [6.07, 6.45) is 0.957. The lowest BCUT2D eigenvalue weighted by Crippen LogP contribution is -2.37. The summed E-state index contributed by atoms with van der Waals surface area (Å²) in [5.41, 5.74) is 2.13. The molecule has 2 N–H and O–H groups in total. The van der Waals surface area contributed by atoms with Gasteiger partial charge in [0.15, 0.2) is 17.5 Å². The minimum atomic E-state index is 0. The number of guanidine groups is 1. The van der Waals surface area contributed by atoms with Gasteiger partial charge in [-0.25, -0.2) is 0 Å². The van der Waals surface area contributed by atoms with E-state index in [1.165, 1.54) is 5.56 Å². The van der Waals surface area contributed by atoms with Gasteiger partial charge in [0.1, 0.15) is 0 Å². The van der Waals surface area contributed by atoms with Crippen LogP contribution in [0.15, 0.2) is 47.5 Å². The van der Waals surface area contributed by atoms with Crippen LogP contribution in [0.2, 0.25) is 0 Å². The zero-order valence-corrected chi connectivity index (χ0v) is 21.3. The number of nitrogens with zero attached hydrogens (tertiary/aromatic N) is 1. The molecule has 2 aromatic rings. The fourth-order valence-corrected chi connectivity index (χ4v) is 3.06. The van der Waals surface area contributed by atoms with Crippen LogP contribution in [0.25, 0.3) is 0 Å². The van der Waals surface area contributed by atoms with Gasteiger partial charge in [0.25, 0.3) is 0 Å². The van der Waals surface area contributed by atoms with Gasteiger partial charge < -0.3 is 29.6 Å². The van der Waals surface area contributed by atoms with Gasteiger partial charge >= 0.3 is 0 Å². The third kappa shape index (κ3) is 8.10. The maximum absolute atomic E-state index is 5.91. The van der Waals surface area contributed by atoms with Gasteiger partial charge in [-0.05, 0) is 31.0 Å². The number of nitrogens with one attached hydrogen (secondary N) is 2. The second kappa shape index (κ2) is 14.7. The number of hydrogen-bond donors (Lipinski definition) is 2. The van der Waals surface area contributed by atoms with Crippen LogP contribution in [0.4, 0.5) is 0 Å². The molecule has 0 aromatic heterocycles. The lowest BCUT2D eigenvalue weighted by atomic mass is 10.1. The van der Waals surface area contributed by atoms with E-state index in [1.807, 2.05) is 30.3 Å². The Balaban J connectivity index is 0.00000480. The molecule has 31 heavy (non-hydrogen) atoms. The van der Waals surface area contributed by atoms with Crippen LogP contribution in [-0.4, -0.2) is 47.5 Å². The highest BCUT2D eigenvalue weighted by molar-refractivity contribution is 14.0. The third-order valence-electron chi connectivity index (χ3n) is 4.71. The fraction of sp³-hybridized carbons (Fsp3) is 0.435. The second-order valence-electron chi connectivity index (χ2n) is 6.62. The Morgan fingerprint density at radius 1 is 0.935 bits per heavy atom. The number of methoxy groups -OCH3 is 3. The first kappa shape index (κ1) is 26.8. The second-order valence-corrected chi connectivity index (χ2v) is 6.62. The molecule has 0 aliphatic carbocycles. The topological polar surface area (TPSA) is 73.3 Å². The first-order valence-corrected chi connectivity index (χ1v) is 10.0. The van der Waals surface area contributed by atoms with Crippen LogP contribution in [-0.2, 0) is 11.3 Å². The van der Waals surface area contributed by atoms with Gasteiger partial charge in [0, 0.05) is 32.3 Å². The lowest BCUT2D eigenvalue weighted by Gasteiger charge is -2.17. The normalized spacial score (nSPS) is 11.8. The summed E-state index contributed by atoms with van der Waals surface area (Å²) >= 11 is 0. The molecule has 1 unspecified atom stereocenters. The van der Waals surface area contributed by atoms with Gasteiger partial charge in [-0.15, -0.1) is 24.0 Å². The molecule has 2 rings (SSSR count). The van der Waals surface area contributed by atoms with Crippen LogP contribution in [0, 0.1) is 0 Å². The first-order chi connectivity index (χ1) is 14.6. The number of benzene rings is 2. The highest BCUT2D eigenvalue weighted by atomic mass is 127. The van der Waals surface area contributed by atoms with Crippen molar-refractivity contribution in [1.29, 1.82) is 0 Å². The Morgan fingerprint density at radius 3 is 2.26 bits per heavy atom. The van der Waals surface area contributed by atoms with Crippen LogP contribution < -0.4 is 24.8 Å². The van der Waals surface area contributed by atoms with Crippen LogP contribution in [0.3, 0.4) is 0 Å². The minimum absolute atomic E-state index is 0. The van der Waals surface area contributed by atoms with Crippen molar-refractivity contribution >= 4 is 29.9 Å². The van der Waals surface area contributed by atoms with Crippen molar-refractivity contribution in [2.75, 3.05) is 41.5 Å². The molecule has 0 radical (unpaired) electrons. The molecule has 7 nitrogen and oxygen atoms in total. The van der Waals surface area contributed by atoms with E-state index in [-0.39, 0.29) is 30.1 Å². The highest BCUT2D eigenvalue weighted by Crippen LogP contribution is 2.39. The molecule has 0 aliphatic rings. The van der Waals surface area contributed by atoms with Crippen molar-refractivity contribution < 1.29 is 18.9 Å². The van der Waals surface area contributed by atoms with Crippen LogP contribution in [0.5, 0.6) is 17.2 Å². The number of rotatable bonds is 11. The zero-order valence-electron chi connectivity index (χ0n) is 18.9. The van der Waals surface area contributed by atoms with Crippen molar-refractivity contribution in [1.82, 2.24) is 10.6 Å². The quantitative estimate of drug-likeness (QED) is 0.192. The van der Waals surface area contributed by atoms with E-state index in [0.29, 0.717) is 36.4 Å². The van der Waals surface area contributed by atoms with Gasteiger partial charge in [-0.3, -0.25) is 4.99 Å². The summed E-state index contributed by atoms with van der Waals surface area (Å²) < 4.78 is 22.2. The SMILES string of the molecule is CN=C(NCCCOC(C)c1ccccc1)NCc1ccc(OC)c(OC)c1OC.I. The molecule has 0 saturated heterocycles. The largest absolute Gasteiger partial charge is 0.493 e. The Kier molecular flexibility index (Phi) is 12.8. The fourth-order valence-electron chi connectivity index (χ4n) is 3.06. The van der Waals surface area contributed by atoms with Gasteiger partial charge in [0.2, 0.25) is 5.75 Å². The smallest absolute Gasteiger partial charge is 0.203 e. The number of hydrogen-bond acceptors (Lipinski definition) is 5. The predicted octanol–water partition coefficient (Wildman–Crippen LogP) is 4.16. The summed E-state index contributed by atoms with van der Waals surface area (Å²) in [6.45, 7) is 4.03. The maximum atomic E-state index is 5.91. The molecule has 0 bridgehead atoms. The van der Waals surface area contributed by atoms with Gasteiger partial charge in [-0.1, -0.05) is 30.3 Å². The Labute approximate surface area is 202 Å². The van der Waals surface area contributed by atoms with Crippen molar-refractivity contribution in [3.63, 3.8) is 0 Å². The van der Waals surface area contributed by atoms with E-state index >= 15 is 0 Å². The summed E-state index contributed by atoms with van der Waals surface area (Å²) in [5, 5.41) is 6.60. The third-order valence-corrected chi connectivity index (χ3v) is 4.71. The van der Waals surface area contributed by atoms with Gasteiger partial charge in [-0.2, -0.15) is 0 Å². The predicted molar refractivity (Wildman–Crippen MR) is 135 cm³/mol. The Morgan fingerprint density at radius 2 is 1.65 bits per heavy atom. The molecule has 172 valence electrons. The number of halogens is 1. The van der Waals surface area contributed by atoms with E-state index < -0.39 is 0 Å². The number of aliphatic imine (C=N–C) groups is 1. The zero-order chi connectivity index (χ0) is 21.8. The van der Waals surface area contributed by atoms with Crippen LogP contribution >= 0.6 is 24.0 Å². The summed E-state index contributed by atoms with van der Waals surface area (Å²) in [7, 11) is 6.56. The van der Waals surface area contributed by atoms with Crippen molar-refractivity contribution in [2.24, 2.45) is 4.99 Å². The Hall–Kier alpha value is -2.20. The molecule has 0 aliphatic heterocycles. The first-order valence-electron chi connectivity index (χ1n) is 10.0. The molecule has 1 atom stereocenters. The number of ether oxygens (including phenoxy) is 4. The molecule has 0 saturated carbocycles. The van der Waals surface area contributed by atoms with Crippen molar-refractivity contribution in [3.05, 3.63) is 53.6 Å². The molecule has 0 fully saturated rings. The van der Waals surface area contributed by atoms with Gasteiger partial charge in [0.05, 0.1) is 27.4 Å². The average Bonchev–Trinajstić information content (AvgIpc) is 2.80. The molecule has 0 spiro atoms. The standard InChI is InChI=1S/C23H33N3O4.HI/c1-17(18-10-7-6-8-11-18)30-15-9-14-25-23(24-2)26-16-19-12-13-20(27-3)22(29-5)21(19)28-4;/h6-8,10-13,17H,9,14-16H2,1-5H3,(H2,24,25,26);1H. The lowest BCUT2D eigenvalue weighted by molar-refractivity contribution is 0.0646. The van der Waals surface area contributed by atoms with Crippen molar-refractivity contribution in [3.8, 4) is 17.2 Å². The van der Waals surface area contributed by atoms with Crippen molar-refractivity contribution in [2.45, 2.75) is 26.0 Å². The summed E-state index contributed by atoms with van der Waals surface area (Å²) in [4.78, 5) is 4.27. The molecule has 0 heterocycles. The van der Waals surface area contributed by atoms with E-state index in [0.717, 1.165) is 18.5 Å². The summed E-state index contributed by atoms with van der Waals surface area (Å²) in [6, 6.07) is 14.0. The minimum Gasteiger partial charge on any atom is -0.493 e. The van der Waals surface area contributed by atoms with Crippen LogP contribution in [0.1, 0.15) is 30.6 Å². The van der Waals surface area contributed by atoms with E-state index in [4.69, 9.17) is 18.9 Å². The molecular weight excluding hydrogens is 509 g/mol. The van der Waals surface area contributed by atoms with E-state index in [2.05, 4.69) is 34.7 Å². The Bertz CT molecular complexity index is 803. The molecule has 2 aromatic carbocycles. The maximum Gasteiger partial charge on any atom is 0.203 e. The van der Waals surface area contributed by atoms with E-state index in [1.54, 1.807) is 28.4 Å². The molecular formula is C23H34IN3O4. The molecule has 0 amide bonds. The van der Waals surface area contributed by atoms with E-state index in [9.17, 15) is 0 Å². The highest BCUT2D eigenvalue weighted by Gasteiger charge is 2.15. The monoisotopic (exact) mass is 543 g/mol. The molecule has 8 heteroatoms.